The minimum atomic E-state index is -4.47. The summed E-state index contributed by atoms with van der Waals surface area (Å²) in [6.07, 6.45) is 15.3. The molecule has 10 rings (SSSR count). The molecule has 3 aliphatic carbocycles. The van der Waals surface area contributed by atoms with Gasteiger partial charge in [0.05, 0.1) is 67.6 Å². The molecule has 6 fully saturated rings. The Morgan fingerprint density at radius 2 is 1.63 bits per heavy atom. The maximum Gasteiger partial charge on any atom is 0.406 e. The zero-order chi connectivity index (χ0) is 62.5. The van der Waals surface area contributed by atoms with Crippen LogP contribution in [0.5, 0.6) is 0 Å². The molecule has 6 aliphatic rings. The molecule has 2 N–H and O–H groups in total. The van der Waals surface area contributed by atoms with Crippen LogP contribution in [0.3, 0.4) is 0 Å². The average Bonchev–Trinajstić information content (AvgIpc) is 1.72. The number of thiazole rings is 1. The molecule has 4 unspecified atom stereocenters. The Bertz CT molecular complexity index is 2970. The third kappa shape index (κ3) is 16.3. The number of fused-ring (bicyclic) bond motifs is 1. The largest absolute Gasteiger partial charge is 0.406 e. The van der Waals surface area contributed by atoms with Gasteiger partial charge in [-0.3, -0.25) is 14.8 Å². The number of anilines is 1. The summed E-state index contributed by atoms with van der Waals surface area (Å²) in [6.45, 7) is 45.4. The lowest BCUT2D eigenvalue weighted by Gasteiger charge is -2.48. The number of nitrogens with one attached hydrogen (secondary N) is 2. The second kappa shape index (κ2) is 28.6. The van der Waals surface area contributed by atoms with Crippen LogP contribution in [0.25, 0.3) is 33.4 Å². The molecule has 11 nitrogen and oxygen atoms in total. The summed E-state index contributed by atoms with van der Waals surface area (Å²) in [5.41, 5.74) is 11.7. The van der Waals surface area contributed by atoms with Crippen molar-refractivity contribution in [2.24, 2.45) is 23.2 Å². The number of alkyl halides is 3. The molecule has 0 bridgehead atoms. The maximum absolute atomic E-state index is 15.2. The molecule has 17 heteroatoms. The average molecular weight is 1210 g/mol. The van der Waals surface area contributed by atoms with E-state index in [-0.39, 0.29) is 29.5 Å². The number of hydrazine groups is 1. The molecule has 1 aromatic carbocycles. The topological polar surface area (TPSA) is 74.2 Å². The van der Waals surface area contributed by atoms with Crippen molar-refractivity contribution in [3.8, 4) is 22.5 Å². The SMILES string of the molecule is CC.[B]C([B])(C)N(C(=C)N(CC)CC1CCN(C(C(=C)NC(Cc2nc(-c3ccc4c(c3)c(CC(C)(C)CCC=C)c(-c3cc(N5CCN(C6CC6)CC5)cnc3C(C)C)n4CC(F)(F)F)cs2)C(=C)N2CCCCN2)C2CCCC2)C1)C(C)C1CC1. The summed E-state index contributed by atoms with van der Waals surface area (Å²) in [7, 11) is 13.3. The predicted octanol–water partition coefficient (Wildman–Crippen LogP) is 14.3. The first kappa shape index (κ1) is 66.7. The Labute approximate surface area is 528 Å². The fourth-order valence-corrected chi connectivity index (χ4v) is 15.8. The van der Waals surface area contributed by atoms with Gasteiger partial charge in [0, 0.05) is 116 Å². The highest BCUT2D eigenvalue weighted by Gasteiger charge is 2.42. The van der Waals surface area contributed by atoms with Gasteiger partial charge in [-0.1, -0.05) is 93.2 Å². The van der Waals surface area contributed by atoms with Gasteiger partial charge in [-0.15, -0.1) is 17.9 Å². The van der Waals surface area contributed by atoms with Crippen LogP contribution >= 0.6 is 11.3 Å². The number of likely N-dealkylation sites (tertiary alicyclic amines) is 1. The Hall–Kier alpha value is -4.70. The Kier molecular flexibility index (Phi) is 22.0. The summed E-state index contributed by atoms with van der Waals surface area (Å²) in [6, 6.07) is 9.04. The molecule has 3 saturated carbocycles. The lowest BCUT2D eigenvalue weighted by atomic mass is 9.61. The summed E-state index contributed by atoms with van der Waals surface area (Å²) < 4.78 is 47.2. The van der Waals surface area contributed by atoms with E-state index in [9.17, 15) is 0 Å². The highest BCUT2D eigenvalue weighted by atomic mass is 32.1. The van der Waals surface area contributed by atoms with E-state index in [1.807, 2.05) is 45.2 Å². The number of hydrogen-bond acceptors (Lipinski definition) is 11. The van der Waals surface area contributed by atoms with E-state index in [0.29, 0.717) is 47.8 Å². The van der Waals surface area contributed by atoms with E-state index >= 15 is 13.2 Å². The van der Waals surface area contributed by atoms with Gasteiger partial charge in [-0.2, -0.15) is 13.2 Å². The molecular weight excluding hydrogens is 1110 g/mol. The van der Waals surface area contributed by atoms with Crippen molar-refractivity contribution in [2.75, 3.05) is 70.3 Å². The summed E-state index contributed by atoms with van der Waals surface area (Å²) in [5, 5.41) is 9.17. The van der Waals surface area contributed by atoms with Crippen LogP contribution in [0, 0.1) is 23.2 Å². The maximum atomic E-state index is 15.2. The normalized spacial score (nSPS) is 20.4. The van der Waals surface area contributed by atoms with Crippen LogP contribution in [-0.4, -0.2) is 156 Å². The zero-order valence-corrected chi connectivity index (χ0v) is 55.4. The predicted molar refractivity (Wildman–Crippen MR) is 360 cm³/mol. The molecule has 0 amide bonds. The Balaban J connectivity index is 0.00000447. The van der Waals surface area contributed by atoms with Crippen molar-refractivity contribution in [2.45, 2.75) is 207 Å². The molecule has 4 radical (unpaired) electrons. The van der Waals surface area contributed by atoms with Gasteiger partial charge in [-0.05, 0) is 156 Å². The fraction of sp³-hybridized carbons (Fsp3) is 0.657. The minimum absolute atomic E-state index is 0.0240. The molecule has 4 atom stereocenters. The molecule has 3 aliphatic heterocycles. The van der Waals surface area contributed by atoms with E-state index in [0.717, 1.165) is 159 Å². The van der Waals surface area contributed by atoms with Crippen LogP contribution in [0.1, 0.15) is 168 Å². The lowest BCUT2D eigenvalue weighted by Crippen LogP contribution is -2.55. The van der Waals surface area contributed by atoms with Crippen LogP contribution in [0.15, 0.2) is 85.4 Å². The number of rotatable bonds is 28. The first-order chi connectivity index (χ1) is 41.5. The van der Waals surface area contributed by atoms with Crippen molar-refractivity contribution in [3.05, 3.63) is 102 Å². The van der Waals surface area contributed by atoms with E-state index in [1.165, 1.54) is 51.4 Å². The Morgan fingerprint density at radius 1 is 0.908 bits per heavy atom. The second-order valence-electron chi connectivity index (χ2n) is 27.5. The van der Waals surface area contributed by atoms with Crippen molar-refractivity contribution in [1.82, 2.24) is 49.9 Å². The number of piperazine rings is 1. The fourth-order valence-electron chi connectivity index (χ4n) is 14.9. The summed E-state index contributed by atoms with van der Waals surface area (Å²) >= 11 is 1.63. The highest BCUT2D eigenvalue weighted by Crippen LogP contribution is 2.46. The van der Waals surface area contributed by atoms with Crippen molar-refractivity contribution in [1.29, 1.82) is 0 Å². The molecule has 472 valence electrons. The van der Waals surface area contributed by atoms with E-state index in [4.69, 9.17) is 38.8 Å². The van der Waals surface area contributed by atoms with Gasteiger partial charge >= 0.3 is 6.18 Å². The van der Waals surface area contributed by atoms with Gasteiger partial charge < -0.3 is 29.6 Å². The number of aromatic nitrogens is 3. The van der Waals surface area contributed by atoms with Crippen molar-refractivity contribution >= 4 is 43.6 Å². The van der Waals surface area contributed by atoms with Gasteiger partial charge in [0.15, 0.2) is 0 Å². The number of allylic oxidation sites excluding steroid dienone is 1. The summed E-state index contributed by atoms with van der Waals surface area (Å²) in [5.74, 6) is 2.44. The standard InChI is InChI=1S/C68H98B2F3N11S.C2H6/c1-12-14-28-66(9,10)39-58-56-36-53(23-26-61(56)82(44-68(71,72)73)65(58)57-37-55(40-74-63(57)45(3)4)80-34-32-79(33-35-80)54-24-25-54)60-43-85-62(77-60)38-59(48(7)83-30-18-17-29-75-83)76-46(5)64(52-19-15-16-20-52)81-31-27-50(42-81)41-78(13-2)49(8)84(67(11,69)70)47(6)51-21-22-51;1-2/h12,23,26,36-37,40,43,45,47,50-52,54,59,64,75-76H,1,5,7-8,13-22,24-25,27-35,38-39,41-42,44H2,2-4,6,9-11H3;1-2H3. The number of nitrogens with zero attached hydrogens (tertiary/aromatic N) is 9. The first-order valence-corrected chi connectivity index (χ1v) is 34.4. The molecule has 4 aromatic rings. The minimum Gasteiger partial charge on any atom is -0.379 e. The quantitative estimate of drug-likeness (QED) is 0.0424. The zero-order valence-electron chi connectivity index (χ0n) is 54.6. The lowest BCUT2D eigenvalue weighted by molar-refractivity contribution is -0.139. The highest BCUT2D eigenvalue weighted by molar-refractivity contribution is 7.10. The molecule has 3 aromatic heterocycles. The summed E-state index contributed by atoms with van der Waals surface area (Å²) in [4.78, 5) is 22.8. The third-order valence-electron chi connectivity index (χ3n) is 19.7. The number of halogens is 3. The van der Waals surface area contributed by atoms with Crippen molar-refractivity contribution < 1.29 is 13.2 Å². The molecule has 3 saturated heterocycles. The van der Waals surface area contributed by atoms with Crippen molar-refractivity contribution in [3.63, 3.8) is 0 Å². The first-order valence-electron chi connectivity index (χ1n) is 33.5. The molecular formula is C70H104B2F3N11S. The van der Waals surface area contributed by atoms with Crippen LogP contribution in [0.4, 0.5) is 18.9 Å². The number of hydrogen-bond donors (Lipinski definition) is 2. The Morgan fingerprint density at radius 3 is 2.25 bits per heavy atom. The number of pyridine rings is 1. The van der Waals surface area contributed by atoms with E-state index < -0.39 is 18.1 Å². The molecule has 87 heavy (non-hydrogen) atoms. The van der Waals surface area contributed by atoms with Gasteiger partial charge in [0.2, 0.25) is 0 Å². The molecule has 6 heterocycles. The van der Waals surface area contributed by atoms with Gasteiger partial charge in [0.1, 0.15) is 6.54 Å². The third-order valence-corrected chi connectivity index (χ3v) is 20.6. The second-order valence-corrected chi connectivity index (χ2v) is 28.5. The number of benzene rings is 1. The van der Waals surface area contributed by atoms with Crippen LogP contribution in [0.2, 0.25) is 0 Å². The van der Waals surface area contributed by atoms with Gasteiger partial charge in [0.25, 0.3) is 0 Å². The van der Waals surface area contributed by atoms with Gasteiger partial charge in [-0.25, -0.2) is 10.4 Å². The monoisotopic (exact) mass is 1210 g/mol. The smallest absolute Gasteiger partial charge is 0.379 e. The van der Waals surface area contributed by atoms with E-state index in [2.05, 4.69) is 112 Å². The van der Waals surface area contributed by atoms with Crippen LogP contribution < -0.4 is 15.6 Å². The van der Waals surface area contributed by atoms with Crippen LogP contribution in [-0.2, 0) is 19.4 Å². The molecule has 0 spiro atoms. The van der Waals surface area contributed by atoms with E-state index in [1.54, 1.807) is 15.9 Å².